The van der Waals surface area contributed by atoms with Crippen LogP contribution in [-0.4, -0.2) is 13.7 Å². The lowest BCUT2D eigenvalue weighted by molar-refractivity contribution is 0.177. The molecule has 0 bridgehead atoms. The molecule has 8 heavy (non-hydrogen) atoms. The predicted molar refractivity (Wildman–Crippen MR) is 32.3 cm³/mol. The Kier molecular flexibility index (Phi) is 1.78. The van der Waals surface area contributed by atoms with E-state index in [0.29, 0.717) is 0 Å². The van der Waals surface area contributed by atoms with Crippen LogP contribution in [0.15, 0.2) is 12.0 Å². The quantitative estimate of drug-likeness (QED) is 0.544. The summed E-state index contributed by atoms with van der Waals surface area (Å²) in [5.74, 6) is 0.927. The second-order valence-corrected chi connectivity index (χ2v) is 1.81. The van der Waals surface area contributed by atoms with E-state index in [2.05, 4.69) is 11.4 Å². The van der Waals surface area contributed by atoms with Crippen molar-refractivity contribution in [2.45, 2.75) is 12.8 Å². The van der Waals surface area contributed by atoms with Gasteiger partial charge >= 0.3 is 0 Å². The molecule has 0 saturated heterocycles. The van der Waals surface area contributed by atoms with Gasteiger partial charge in [-0.25, -0.2) is 0 Å². The summed E-state index contributed by atoms with van der Waals surface area (Å²) in [6.07, 6.45) is 4.38. The third-order valence-electron chi connectivity index (χ3n) is 1.18. The minimum atomic E-state index is 0.868. The summed E-state index contributed by atoms with van der Waals surface area (Å²) >= 11 is 0. The number of hydrogen-bond donors (Lipinski definition) is 1. The van der Waals surface area contributed by atoms with Crippen LogP contribution in [-0.2, 0) is 4.74 Å². The molecule has 0 fully saturated rings. The number of nitrogens with one attached hydrogen (secondary N) is 1. The number of hydrogen-bond acceptors (Lipinski definition) is 2. The van der Waals surface area contributed by atoms with Crippen LogP contribution in [0.5, 0.6) is 0 Å². The Morgan fingerprint density at radius 3 is 3.00 bits per heavy atom. The summed E-state index contributed by atoms with van der Waals surface area (Å²) in [7, 11) is 1.87. The van der Waals surface area contributed by atoms with E-state index in [1.807, 2.05) is 7.05 Å². The van der Waals surface area contributed by atoms with E-state index in [9.17, 15) is 0 Å². The summed E-state index contributed by atoms with van der Waals surface area (Å²) in [4.78, 5) is 0. The highest BCUT2D eigenvalue weighted by atomic mass is 16.5. The van der Waals surface area contributed by atoms with Crippen LogP contribution in [0.25, 0.3) is 0 Å². The summed E-state index contributed by atoms with van der Waals surface area (Å²) in [6.45, 7) is 0.868. The highest BCUT2D eigenvalue weighted by Crippen LogP contribution is 2.05. The van der Waals surface area contributed by atoms with E-state index in [0.717, 1.165) is 25.3 Å². The minimum Gasteiger partial charge on any atom is -0.479 e. The van der Waals surface area contributed by atoms with Crippen LogP contribution in [0.4, 0.5) is 0 Å². The zero-order valence-corrected chi connectivity index (χ0v) is 5.11. The zero-order chi connectivity index (χ0) is 5.82. The number of allylic oxidation sites excluding steroid dienone is 1. The van der Waals surface area contributed by atoms with Crippen LogP contribution < -0.4 is 5.32 Å². The molecule has 1 aliphatic heterocycles. The van der Waals surface area contributed by atoms with Crippen molar-refractivity contribution < 1.29 is 4.74 Å². The standard InChI is InChI=1S/C6H11NO/c1-7-6-4-2-3-5-8-6/h4,7H,2-3,5H2,1H3. The second kappa shape index (κ2) is 2.60. The highest BCUT2D eigenvalue weighted by Gasteiger charge is 1.98. The molecule has 0 aromatic rings. The lowest BCUT2D eigenvalue weighted by atomic mass is 10.3. The molecule has 1 aliphatic rings. The van der Waals surface area contributed by atoms with Crippen LogP contribution in [0, 0.1) is 0 Å². The van der Waals surface area contributed by atoms with Gasteiger partial charge in [-0.3, -0.25) is 0 Å². The van der Waals surface area contributed by atoms with Crippen molar-refractivity contribution in [2.24, 2.45) is 0 Å². The van der Waals surface area contributed by atoms with Gasteiger partial charge in [0.2, 0.25) is 0 Å². The molecule has 2 nitrogen and oxygen atoms in total. The van der Waals surface area contributed by atoms with Gasteiger partial charge in [0.05, 0.1) is 6.61 Å². The van der Waals surface area contributed by atoms with Crippen LogP contribution in [0.3, 0.4) is 0 Å². The molecule has 1 N–H and O–H groups in total. The van der Waals surface area contributed by atoms with Gasteiger partial charge in [-0.2, -0.15) is 0 Å². The molecule has 0 aliphatic carbocycles. The van der Waals surface area contributed by atoms with E-state index >= 15 is 0 Å². The summed E-state index contributed by atoms with van der Waals surface area (Å²) in [6, 6.07) is 0. The maximum Gasteiger partial charge on any atom is 0.182 e. The molecule has 0 aromatic carbocycles. The Balaban J connectivity index is 2.37. The molecular weight excluding hydrogens is 102 g/mol. The first kappa shape index (κ1) is 5.48. The molecule has 46 valence electrons. The van der Waals surface area contributed by atoms with E-state index in [-0.39, 0.29) is 0 Å². The fourth-order valence-electron chi connectivity index (χ4n) is 0.732. The Morgan fingerprint density at radius 2 is 2.62 bits per heavy atom. The maximum absolute atomic E-state index is 5.18. The SMILES string of the molecule is CNC1=CCCCO1. The normalized spacial score (nSPS) is 18.9. The molecule has 2 heteroatoms. The van der Waals surface area contributed by atoms with Gasteiger partial charge < -0.3 is 10.1 Å². The molecule has 0 aromatic heterocycles. The fourth-order valence-corrected chi connectivity index (χ4v) is 0.732. The molecule has 0 saturated carbocycles. The minimum absolute atomic E-state index is 0.868. The Morgan fingerprint density at radius 1 is 1.75 bits per heavy atom. The zero-order valence-electron chi connectivity index (χ0n) is 5.11. The second-order valence-electron chi connectivity index (χ2n) is 1.81. The Bertz CT molecular complexity index is 98.7. The van der Waals surface area contributed by atoms with Crippen molar-refractivity contribution in [3.05, 3.63) is 12.0 Å². The average Bonchev–Trinajstić information content (AvgIpc) is 1.90. The van der Waals surface area contributed by atoms with Gasteiger partial charge in [-0.1, -0.05) is 0 Å². The topological polar surface area (TPSA) is 21.3 Å². The molecule has 1 rings (SSSR count). The monoisotopic (exact) mass is 113 g/mol. The smallest absolute Gasteiger partial charge is 0.182 e. The first-order valence-corrected chi connectivity index (χ1v) is 2.94. The molecule has 0 atom stereocenters. The molecular formula is C6H11NO. The van der Waals surface area contributed by atoms with Crippen LogP contribution >= 0.6 is 0 Å². The fraction of sp³-hybridized carbons (Fsp3) is 0.667. The maximum atomic E-state index is 5.18. The molecule has 1 heterocycles. The van der Waals surface area contributed by atoms with Crippen molar-refractivity contribution in [2.75, 3.05) is 13.7 Å². The summed E-state index contributed by atoms with van der Waals surface area (Å²) < 4.78 is 5.18. The first-order valence-electron chi connectivity index (χ1n) is 2.94. The highest BCUT2D eigenvalue weighted by molar-refractivity contribution is 4.91. The van der Waals surface area contributed by atoms with Gasteiger partial charge in [-0.15, -0.1) is 0 Å². The lowest BCUT2D eigenvalue weighted by Crippen LogP contribution is -2.13. The summed E-state index contributed by atoms with van der Waals surface area (Å²) in [5, 5.41) is 2.94. The van der Waals surface area contributed by atoms with Crippen molar-refractivity contribution in [1.82, 2.24) is 5.32 Å². The molecule has 0 unspecified atom stereocenters. The van der Waals surface area contributed by atoms with Crippen LogP contribution in [0.1, 0.15) is 12.8 Å². The van der Waals surface area contributed by atoms with Gasteiger partial charge in [-0.05, 0) is 18.9 Å². The van der Waals surface area contributed by atoms with Crippen LogP contribution in [0.2, 0.25) is 0 Å². The first-order chi connectivity index (χ1) is 3.93. The van der Waals surface area contributed by atoms with E-state index in [1.165, 1.54) is 0 Å². The molecule has 0 spiro atoms. The van der Waals surface area contributed by atoms with Gasteiger partial charge in [0.25, 0.3) is 0 Å². The number of rotatable bonds is 1. The van der Waals surface area contributed by atoms with E-state index in [1.54, 1.807) is 0 Å². The van der Waals surface area contributed by atoms with Crippen molar-refractivity contribution in [3.63, 3.8) is 0 Å². The Labute approximate surface area is 49.5 Å². The molecule has 0 amide bonds. The third-order valence-corrected chi connectivity index (χ3v) is 1.18. The van der Waals surface area contributed by atoms with Crippen molar-refractivity contribution in [3.8, 4) is 0 Å². The van der Waals surface area contributed by atoms with E-state index in [4.69, 9.17) is 4.74 Å². The third kappa shape index (κ3) is 1.15. The van der Waals surface area contributed by atoms with Gasteiger partial charge in [0.15, 0.2) is 5.88 Å². The Hall–Kier alpha value is -0.660. The van der Waals surface area contributed by atoms with E-state index < -0.39 is 0 Å². The van der Waals surface area contributed by atoms with Gasteiger partial charge in [0.1, 0.15) is 0 Å². The lowest BCUT2D eigenvalue weighted by Gasteiger charge is -2.12. The van der Waals surface area contributed by atoms with Crippen molar-refractivity contribution >= 4 is 0 Å². The van der Waals surface area contributed by atoms with Crippen molar-refractivity contribution in [1.29, 1.82) is 0 Å². The average molecular weight is 113 g/mol. The summed E-state index contributed by atoms with van der Waals surface area (Å²) in [5.41, 5.74) is 0. The molecule has 0 radical (unpaired) electrons. The van der Waals surface area contributed by atoms with Gasteiger partial charge in [0, 0.05) is 7.05 Å². The number of ether oxygens (including phenoxy) is 1. The largest absolute Gasteiger partial charge is 0.479 e. The predicted octanol–water partition coefficient (Wildman–Crippen LogP) is 0.858.